The van der Waals surface area contributed by atoms with Crippen LogP contribution in [0.25, 0.3) is 22.3 Å². The van der Waals surface area contributed by atoms with E-state index in [1.54, 1.807) is 18.3 Å². The van der Waals surface area contributed by atoms with E-state index in [4.69, 9.17) is 19.9 Å². The first-order chi connectivity index (χ1) is 25.7. The lowest BCUT2D eigenvalue weighted by molar-refractivity contribution is -0.140. The van der Waals surface area contributed by atoms with Gasteiger partial charge in [-0.25, -0.2) is 9.97 Å². The summed E-state index contributed by atoms with van der Waals surface area (Å²) in [6.07, 6.45) is 7.97. The van der Waals surface area contributed by atoms with Crippen LogP contribution in [0, 0.1) is 5.95 Å². The van der Waals surface area contributed by atoms with Gasteiger partial charge in [-0.2, -0.15) is 4.39 Å². The largest absolute Gasteiger partial charge is 0.383 e. The summed E-state index contributed by atoms with van der Waals surface area (Å²) in [5, 5.41) is 3.13. The van der Waals surface area contributed by atoms with Gasteiger partial charge in [0.05, 0.1) is 37.0 Å². The number of nitrogens with one attached hydrogen (secondary N) is 1. The van der Waals surface area contributed by atoms with Crippen LogP contribution in [0.2, 0.25) is 0 Å². The molecule has 8 rings (SSSR count). The van der Waals surface area contributed by atoms with Crippen molar-refractivity contribution in [1.29, 1.82) is 0 Å². The van der Waals surface area contributed by atoms with E-state index < -0.39 is 11.7 Å². The van der Waals surface area contributed by atoms with Crippen molar-refractivity contribution >= 4 is 11.7 Å². The number of fused-ring (bicyclic) bond motifs is 1. The summed E-state index contributed by atoms with van der Waals surface area (Å²) < 4.78 is 31.5. The predicted octanol–water partition coefficient (Wildman–Crippen LogP) is 6.16. The fourth-order valence-electron chi connectivity index (χ4n) is 8.45. The van der Waals surface area contributed by atoms with E-state index in [-0.39, 0.29) is 35.5 Å². The predicted molar refractivity (Wildman–Crippen MR) is 201 cm³/mol. The molecule has 4 heterocycles. The van der Waals surface area contributed by atoms with Crippen LogP contribution in [0.3, 0.4) is 0 Å². The van der Waals surface area contributed by atoms with Crippen molar-refractivity contribution in [3.8, 4) is 22.3 Å². The van der Waals surface area contributed by atoms with Crippen LogP contribution in [-0.4, -0.2) is 89.0 Å². The summed E-state index contributed by atoms with van der Waals surface area (Å²) in [7, 11) is 0. The van der Waals surface area contributed by atoms with Gasteiger partial charge >= 0.3 is 0 Å². The molecule has 2 aromatic heterocycles. The Balaban J connectivity index is 0.833. The van der Waals surface area contributed by atoms with Crippen molar-refractivity contribution < 1.29 is 23.4 Å². The molecule has 2 aliphatic heterocycles. The van der Waals surface area contributed by atoms with Gasteiger partial charge in [0, 0.05) is 62.3 Å². The van der Waals surface area contributed by atoms with Gasteiger partial charge in [-0.15, -0.1) is 0 Å². The fraction of sp³-hybridized carbons (Fsp3) is 0.452. The minimum atomic E-state index is -0.570. The molecule has 278 valence electrons. The van der Waals surface area contributed by atoms with E-state index in [0.29, 0.717) is 30.4 Å². The van der Waals surface area contributed by atoms with Crippen LogP contribution in [0.1, 0.15) is 72.6 Å². The van der Waals surface area contributed by atoms with Crippen molar-refractivity contribution in [1.82, 2.24) is 25.1 Å². The zero-order valence-corrected chi connectivity index (χ0v) is 30.6. The van der Waals surface area contributed by atoms with E-state index >= 15 is 0 Å². The van der Waals surface area contributed by atoms with Crippen molar-refractivity contribution in [2.24, 2.45) is 0 Å². The van der Waals surface area contributed by atoms with Crippen LogP contribution < -0.4 is 11.1 Å². The van der Waals surface area contributed by atoms with Gasteiger partial charge in [-0.05, 0) is 92.0 Å². The monoisotopic (exact) mass is 720 g/mol. The Hall–Kier alpha value is -4.26. The van der Waals surface area contributed by atoms with Gasteiger partial charge in [0.25, 0.3) is 5.91 Å². The number of amides is 1. The molecule has 2 unspecified atom stereocenters. The highest BCUT2D eigenvalue weighted by atomic mass is 19.1. The van der Waals surface area contributed by atoms with Gasteiger partial charge in [-0.3, -0.25) is 14.6 Å². The molecule has 2 saturated heterocycles. The minimum absolute atomic E-state index is 0.103. The molecule has 3 fully saturated rings. The number of carbonyl (C=O) groups excluding carboxylic acids is 1. The first-order valence-corrected chi connectivity index (χ1v) is 19.0. The van der Waals surface area contributed by atoms with Crippen LogP contribution in [0.5, 0.6) is 0 Å². The number of aryl methyl sites for hydroxylation is 1. The lowest BCUT2D eigenvalue weighted by atomic mass is 9.98. The Kier molecular flexibility index (Phi) is 10.3. The number of pyridine rings is 2. The van der Waals surface area contributed by atoms with Gasteiger partial charge in [0.15, 0.2) is 5.79 Å². The summed E-state index contributed by atoms with van der Waals surface area (Å²) in [5.74, 6) is -1.20. The molecule has 53 heavy (non-hydrogen) atoms. The number of piperazine rings is 1. The molecule has 4 aromatic rings. The number of rotatable bonds is 10. The first-order valence-electron chi connectivity index (χ1n) is 19.0. The molecule has 4 aliphatic rings. The number of hydrogen-bond acceptors (Lipinski definition) is 9. The van der Waals surface area contributed by atoms with E-state index in [9.17, 15) is 9.18 Å². The highest BCUT2D eigenvalue weighted by molar-refractivity contribution is 5.99. The second-order valence-corrected chi connectivity index (χ2v) is 15.3. The fourth-order valence-corrected chi connectivity index (χ4v) is 8.45. The third-order valence-corrected chi connectivity index (χ3v) is 11.3. The van der Waals surface area contributed by atoms with Crippen molar-refractivity contribution in [2.45, 2.75) is 82.6 Å². The minimum Gasteiger partial charge on any atom is -0.383 e. The van der Waals surface area contributed by atoms with Crippen LogP contribution >= 0.6 is 0 Å². The maximum Gasteiger partial charge on any atom is 0.255 e. The number of aromatic nitrogens is 2. The molecule has 11 heteroatoms. The number of anilines is 1. The summed E-state index contributed by atoms with van der Waals surface area (Å²) in [6, 6.07) is 20.6. The zero-order valence-electron chi connectivity index (χ0n) is 30.6. The lowest BCUT2D eigenvalue weighted by Gasteiger charge is -2.39. The topological polar surface area (TPSA) is 115 Å². The average Bonchev–Trinajstić information content (AvgIpc) is 3.89. The molecular weight excluding hydrogens is 671 g/mol. The smallest absolute Gasteiger partial charge is 0.255 e. The maximum absolute atomic E-state index is 13.3. The first kappa shape index (κ1) is 35.8. The Bertz CT molecular complexity index is 1910. The molecule has 0 spiro atoms. The second kappa shape index (κ2) is 15.2. The molecule has 10 nitrogen and oxygen atoms in total. The number of nitrogens with zero attached hydrogens (tertiary/aromatic N) is 4. The third kappa shape index (κ3) is 8.14. The number of halogens is 1. The summed E-state index contributed by atoms with van der Waals surface area (Å²) >= 11 is 0. The molecule has 0 bridgehead atoms. The highest BCUT2D eigenvalue weighted by Gasteiger charge is 2.36. The summed E-state index contributed by atoms with van der Waals surface area (Å²) in [5.41, 5.74) is 14.1. The van der Waals surface area contributed by atoms with Crippen molar-refractivity contribution in [2.75, 3.05) is 45.1 Å². The SMILES string of the molecule is CC1(C)OCC(CN2CCN(C3CCc4cc(-c5ccc(CO[C@H]6CCC[C@@H]6NC(=O)c6cc(-c7ccc(F)nc7)cnc6N)cc5)ccc43)CC2)O1. The molecule has 0 radical (unpaired) electrons. The van der Waals surface area contributed by atoms with Crippen molar-refractivity contribution in [3.05, 3.63) is 101 Å². The molecule has 2 aliphatic carbocycles. The maximum atomic E-state index is 13.3. The van der Waals surface area contributed by atoms with Crippen molar-refractivity contribution in [3.63, 3.8) is 0 Å². The molecule has 1 saturated carbocycles. The lowest BCUT2D eigenvalue weighted by Crippen LogP contribution is -2.49. The third-order valence-electron chi connectivity index (χ3n) is 11.3. The van der Waals surface area contributed by atoms with Crippen LogP contribution in [0.4, 0.5) is 10.2 Å². The van der Waals surface area contributed by atoms with Crippen LogP contribution in [0.15, 0.2) is 73.1 Å². The highest BCUT2D eigenvalue weighted by Crippen LogP contribution is 2.38. The number of ether oxygens (including phenoxy) is 3. The number of benzene rings is 2. The molecule has 2 aromatic carbocycles. The van der Waals surface area contributed by atoms with E-state index in [1.807, 2.05) is 13.8 Å². The number of carbonyl (C=O) groups is 1. The molecule has 1 amide bonds. The Morgan fingerprint density at radius 1 is 0.943 bits per heavy atom. The van der Waals surface area contributed by atoms with Gasteiger partial charge in [0.2, 0.25) is 5.95 Å². The number of hydrogen-bond donors (Lipinski definition) is 2. The average molecular weight is 721 g/mol. The summed E-state index contributed by atoms with van der Waals surface area (Å²) in [6.45, 7) is 10.4. The van der Waals surface area contributed by atoms with E-state index in [1.165, 1.54) is 40.9 Å². The summed E-state index contributed by atoms with van der Waals surface area (Å²) in [4.78, 5) is 26.4. The molecular formula is C42H49FN6O4. The van der Waals surface area contributed by atoms with E-state index in [2.05, 4.69) is 67.5 Å². The van der Waals surface area contributed by atoms with Crippen LogP contribution in [-0.2, 0) is 27.2 Å². The quantitative estimate of drug-likeness (QED) is 0.186. The standard InChI is InChI=1S/C42H49FN6O4/c1-42(2)52-26-33(53-42)24-48-16-18-49(19-17-48)37-14-11-30-20-29(10-13-34(30)37)28-8-6-27(7-9-28)25-51-38-5-3-4-36(38)47-41(50)35-21-32(23-46-40(35)44)31-12-15-39(43)45-22-31/h6-10,12-13,15,20-23,33,36-38H,3-5,11,14,16-19,24-26H2,1-2H3,(H2,44,46)(H,47,50)/t33?,36-,37?,38-/m0/s1. The molecule has 4 atom stereocenters. The number of nitrogens with two attached hydrogens (primary N) is 1. The normalized spacial score (nSPS) is 24.4. The number of nitrogen functional groups attached to an aromatic ring is 1. The van der Waals surface area contributed by atoms with Gasteiger partial charge in [0.1, 0.15) is 5.82 Å². The Labute approximate surface area is 310 Å². The molecule has 3 N–H and O–H groups in total. The second-order valence-electron chi connectivity index (χ2n) is 15.3. The Morgan fingerprint density at radius 2 is 1.72 bits per heavy atom. The van der Waals surface area contributed by atoms with Gasteiger partial charge in [-0.1, -0.05) is 42.5 Å². The van der Waals surface area contributed by atoms with Gasteiger partial charge < -0.3 is 25.3 Å². The zero-order chi connectivity index (χ0) is 36.5. The Morgan fingerprint density at radius 3 is 2.47 bits per heavy atom. The van der Waals surface area contributed by atoms with E-state index in [0.717, 1.165) is 64.0 Å².